The van der Waals surface area contributed by atoms with Crippen LogP contribution in [0.1, 0.15) is 56.1 Å². The van der Waals surface area contributed by atoms with Gasteiger partial charge in [0.15, 0.2) is 0 Å². The number of likely N-dealkylation sites (tertiary alicyclic amines) is 1. The molecule has 1 aliphatic heterocycles. The third-order valence-electron chi connectivity index (χ3n) is 7.04. The number of carboxylic acids is 1. The lowest BCUT2D eigenvalue weighted by Crippen LogP contribution is -2.45. The van der Waals surface area contributed by atoms with Crippen LogP contribution in [0.5, 0.6) is 0 Å². The summed E-state index contributed by atoms with van der Waals surface area (Å²) in [6.07, 6.45) is 2.88. The van der Waals surface area contributed by atoms with Gasteiger partial charge < -0.3 is 20.1 Å². The molecule has 1 heterocycles. The maximum Gasteiger partial charge on any atom is 0.407 e. The van der Waals surface area contributed by atoms with Gasteiger partial charge in [-0.05, 0) is 47.4 Å². The van der Waals surface area contributed by atoms with Crippen molar-refractivity contribution in [3.05, 3.63) is 59.7 Å². The van der Waals surface area contributed by atoms with Gasteiger partial charge >= 0.3 is 12.1 Å². The summed E-state index contributed by atoms with van der Waals surface area (Å²) in [4.78, 5) is 37.7. The standard InChI is InChI=1S/C28H34N2O5/c1-19-15-20(27(32)33)17-30(16-19)26(31)13-3-2-8-14-29-28(34)35-18-25-23-11-6-4-9-21(23)22-10-5-7-12-24(22)25/h4-7,9-12,19-20,25H,2-3,8,13-18H2,1H3,(H,29,34)(H,32,33). The van der Waals surface area contributed by atoms with E-state index in [1.54, 1.807) is 4.90 Å². The summed E-state index contributed by atoms with van der Waals surface area (Å²) >= 11 is 0. The van der Waals surface area contributed by atoms with Gasteiger partial charge in [-0.2, -0.15) is 0 Å². The van der Waals surface area contributed by atoms with Gasteiger partial charge in [0.2, 0.25) is 5.91 Å². The van der Waals surface area contributed by atoms with Crippen molar-refractivity contribution in [2.75, 3.05) is 26.2 Å². The highest BCUT2D eigenvalue weighted by atomic mass is 16.5. The molecule has 2 aliphatic rings. The van der Waals surface area contributed by atoms with Gasteiger partial charge in [-0.1, -0.05) is 61.9 Å². The fourth-order valence-corrected chi connectivity index (χ4v) is 5.31. The minimum atomic E-state index is -0.825. The number of benzene rings is 2. The minimum Gasteiger partial charge on any atom is -0.481 e. The van der Waals surface area contributed by atoms with E-state index in [-0.39, 0.29) is 17.7 Å². The Hall–Kier alpha value is -3.35. The van der Waals surface area contributed by atoms with Gasteiger partial charge in [0.1, 0.15) is 6.61 Å². The number of alkyl carbamates (subject to hydrolysis) is 1. The number of amides is 2. The summed E-state index contributed by atoms with van der Waals surface area (Å²) < 4.78 is 5.54. The molecule has 0 aromatic heterocycles. The molecule has 2 amide bonds. The lowest BCUT2D eigenvalue weighted by molar-refractivity contribution is -0.146. The second-order valence-corrected chi connectivity index (χ2v) is 9.74. The number of fused-ring (bicyclic) bond motifs is 3. The van der Waals surface area contributed by atoms with E-state index < -0.39 is 18.0 Å². The molecule has 0 radical (unpaired) electrons. The van der Waals surface area contributed by atoms with E-state index in [1.807, 2.05) is 31.2 Å². The molecule has 2 aromatic carbocycles. The molecular formula is C28H34N2O5. The van der Waals surface area contributed by atoms with E-state index in [9.17, 15) is 19.5 Å². The van der Waals surface area contributed by atoms with Crippen molar-refractivity contribution >= 4 is 18.0 Å². The highest BCUT2D eigenvalue weighted by Gasteiger charge is 2.31. The summed E-state index contributed by atoms with van der Waals surface area (Å²) in [6, 6.07) is 16.5. The summed E-state index contributed by atoms with van der Waals surface area (Å²) in [6.45, 7) is 3.71. The third kappa shape index (κ3) is 6.02. The Morgan fingerprint density at radius 3 is 2.29 bits per heavy atom. The number of carbonyl (C=O) groups excluding carboxylic acids is 2. The first-order chi connectivity index (χ1) is 16.9. The highest BCUT2D eigenvalue weighted by molar-refractivity contribution is 5.79. The molecule has 1 saturated heterocycles. The fraction of sp³-hybridized carbons (Fsp3) is 0.464. The van der Waals surface area contributed by atoms with Crippen LogP contribution in [0, 0.1) is 11.8 Å². The van der Waals surface area contributed by atoms with E-state index in [4.69, 9.17) is 4.74 Å². The summed E-state index contributed by atoms with van der Waals surface area (Å²) in [5.41, 5.74) is 4.76. The van der Waals surface area contributed by atoms with Crippen molar-refractivity contribution < 1.29 is 24.2 Å². The number of piperidine rings is 1. The Kier molecular flexibility index (Phi) is 8.06. The van der Waals surface area contributed by atoms with E-state index in [2.05, 4.69) is 29.6 Å². The number of carbonyl (C=O) groups is 3. The maximum atomic E-state index is 12.5. The predicted octanol–water partition coefficient (Wildman–Crippen LogP) is 4.65. The van der Waals surface area contributed by atoms with Gasteiger partial charge in [0.05, 0.1) is 5.92 Å². The summed E-state index contributed by atoms with van der Waals surface area (Å²) in [5, 5.41) is 12.1. The maximum absolute atomic E-state index is 12.5. The monoisotopic (exact) mass is 478 g/mol. The topological polar surface area (TPSA) is 95.9 Å². The number of nitrogens with zero attached hydrogens (tertiary/aromatic N) is 1. The zero-order chi connectivity index (χ0) is 24.8. The third-order valence-corrected chi connectivity index (χ3v) is 7.04. The minimum absolute atomic E-state index is 0.0206. The SMILES string of the molecule is CC1CC(C(=O)O)CN(C(=O)CCCCCNC(=O)OCC2c3ccccc3-c3ccccc32)C1. The van der Waals surface area contributed by atoms with Crippen molar-refractivity contribution in [3.63, 3.8) is 0 Å². The first-order valence-corrected chi connectivity index (χ1v) is 12.5. The Labute approximate surface area is 206 Å². The zero-order valence-corrected chi connectivity index (χ0v) is 20.2. The number of hydrogen-bond acceptors (Lipinski definition) is 4. The average Bonchev–Trinajstić information content (AvgIpc) is 3.18. The molecule has 4 rings (SSSR count). The molecule has 186 valence electrons. The molecule has 35 heavy (non-hydrogen) atoms. The van der Waals surface area contributed by atoms with Crippen LogP contribution in [0.25, 0.3) is 11.1 Å². The Morgan fingerprint density at radius 2 is 1.63 bits per heavy atom. The first kappa shape index (κ1) is 24.8. The van der Waals surface area contributed by atoms with E-state index in [1.165, 1.54) is 22.3 Å². The number of ether oxygens (including phenoxy) is 1. The van der Waals surface area contributed by atoms with Crippen molar-refractivity contribution in [2.24, 2.45) is 11.8 Å². The Morgan fingerprint density at radius 1 is 0.971 bits per heavy atom. The molecule has 7 nitrogen and oxygen atoms in total. The van der Waals surface area contributed by atoms with Crippen molar-refractivity contribution in [2.45, 2.75) is 44.9 Å². The van der Waals surface area contributed by atoms with Crippen LogP contribution in [0.3, 0.4) is 0 Å². The van der Waals surface area contributed by atoms with Gasteiger partial charge in [0.25, 0.3) is 0 Å². The molecule has 1 fully saturated rings. The average molecular weight is 479 g/mol. The van der Waals surface area contributed by atoms with Crippen molar-refractivity contribution in [3.8, 4) is 11.1 Å². The Bertz CT molecular complexity index is 1020. The molecule has 2 N–H and O–H groups in total. The van der Waals surface area contributed by atoms with Gasteiger partial charge in [-0.15, -0.1) is 0 Å². The van der Waals surface area contributed by atoms with Gasteiger partial charge in [-0.3, -0.25) is 9.59 Å². The quantitative estimate of drug-likeness (QED) is 0.511. The van der Waals surface area contributed by atoms with E-state index in [0.717, 1.165) is 12.8 Å². The molecule has 7 heteroatoms. The fourth-order valence-electron chi connectivity index (χ4n) is 5.31. The molecular weight excluding hydrogens is 444 g/mol. The van der Waals surface area contributed by atoms with Crippen LogP contribution in [0.2, 0.25) is 0 Å². The van der Waals surface area contributed by atoms with Crippen LogP contribution < -0.4 is 5.32 Å². The van der Waals surface area contributed by atoms with Crippen molar-refractivity contribution in [1.29, 1.82) is 0 Å². The van der Waals surface area contributed by atoms with Crippen LogP contribution in [0.4, 0.5) is 4.79 Å². The van der Waals surface area contributed by atoms with Crippen molar-refractivity contribution in [1.82, 2.24) is 10.2 Å². The van der Waals surface area contributed by atoms with Gasteiger partial charge in [0, 0.05) is 32.0 Å². The normalized spacial score (nSPS) is 19.1. The second kappa shape index (κ2) is 11.4. The van der Waals surface area contributed by atoms with Crippen LogP contribution in [-0.4, -0.2) is 54.2 Å². The first-order valence-electron chi connectivity index (χ1n) is 12.5. The van der Waals surface area contributed by atoms with E-state index in [0.29, 0.717) is 45.5 Å². The van der Waals surface area contributed by atoms with E-state index >= 15 is 0 Å². The van der Waals surface area contributed by atoms with Crippen LogP contribution >= 0.6 is 0 Å². The zero-order valence-electron chi connectivity index (χ0n) is 20.2. The van der Waals surface area contributed by atoms with Crippen LogP contribution in [0.15, 0.2) is 48.5 Å². The number of nitrogens with one attached hydrogen (secondary N) is 1. The number of carboxylic acid groups (broad SMARTS) is 1. The number of aliphatic carboxylic acids is 1. The number of hydrogen-bond donors (Lipinski definition) is 2. The molecule has 2 aromatic rings. The van der Waals surface area contributed by atoms with Gasteiger partial charge in [-0.25, -0.2) is 4.79 Å². The summed E-state index contributed by atoms with van der Waals surface area (Å²) in [7, 11) is 0. The van der Waals surface area contributed by atoms with Crippen LogP contribution in [-0.2, 0) is 14.3 Å². The smallest absolute Gasteiger partial charge is 0.407 e. The number of unbranched alkanes of at least 4 members (excludes halogenated alkanes) is 2. The molecule has 0 spiro atoms. The molecule has 0 saturated carbocycles. The largest absolute Gasteiger partial charge is 0.481 e. The molecule has 2 unspecified atom stereocenters. The lowest BCUT2D eigenvalue weighted by Gasteiger charge is -2.34. The Balaban J connectivity index is 1.14. The summed E-state index contributed by atoms with van der Waals surface area (Å²) in [5.74, 6) is -1.03. The molecule has 2 atom stereocenters. The molecule has 0 bridgehead atoms. The predicted molar refractivity (Wildman–Crippen MR) is 133 cm³/mol. The number of rotatable bonds is 9. The highest BCUT2D eigenvalue weighted by Crippen LogP contribution is 2.44. The second-order valence-electron chi connectivity index (χ2n) is 9.74. The molecule has 1 aliphatic carbocycles. The lowest BCUT2D eigenvalue weighted by atomic mass is 9.90.